The van der Waals surface area contributed by atoms with E-state index in [4.69, 9.17) is 4.74 Å². The molecule has 150 valence electrons. The van der Waals surface area contributed by atoms with Gasteiger partial charge in [0.25, 0.3) is 0 Å². The van der Waals surface area contributed by atoms with E-state index in [2.05, 4.69) is 56.2 Å². The van der Waals surface area contributed by atoms with Crippen LogP contribution >= 0.6 is 0 Å². The fraction of sp³-hybridized carbons (Fsp3) is 0.654. The topological polar surface area (TPSA) is 22.1 Å². The third-order valence-electron chi connectivity index (χ3n) is 9.01. The second-order valence-electron chi connectivity index (χ2n) is 10.1. The molecule has 4 aliphatic carbocycles. The normalized spacial score (nSPS) is 42.1. The first-order chi connectivity index (χ1) is 13.6. The van der Waals surface area contributed by atoms with Crippen molar-refractivity contribution in [3.8, 4) is 0 Å². The SMILES string of the molecule is CCO[C@H]1CC[C@@]2(C)C(=CC[C@@H]3[C@@H]2CC[C@]2(C)C(c4cccnc4)=CC[C@@H]32)C1. The van der Waals surface area contributed by atoms with Crippen LogP contribution in [0.3, 0.4) is 0 Å². The molecule has 0 aliphatic heterocycles. The maximum Gasteiger partial charge on any atom is 0.0612 e. The highest BCUT2D eigenvalue weighted by molar-refractivity contribution is 5.72. The largest absolute Gasteiger partial charge is 0.378 e. The monoisotopic (exact) mass is 377 g/mol. The molecule has 2 saturated carbocycles. The molecule has 0 unspecified atom stereocenters. The molecule has 2 heteroatoms. The summed E-state index contributed by atoms with van der Waals surface area (Å²) in [5, 5.41) is 0. The highest BCUT2D eigenvalue weighted by Crippen LogP contribution is 2.66. The van der Waals surface area contributed by atoms with Gasteiger partial charge in [-0.05, 0) is 97.7 Å². The Bertz CT molecular complexity index is 796. The Balaban J connectivity index is 1.42. The van der Waals surface area contributed by atoms with Crippen LogP contribution in [0.15, 0.2) is 42.3 Å². The van der Waals surface area contributed by atoms with Crippen molar-refractivity contribution in [1.82, 2.24) is 4.98 Å². The number of hydrogen-bond donors (Lipinski definition) is 0. The molecule has 2 nitrogen and oxygen atoms in total. The summed E-state index contributed by atoms with van der Waals surface area (Å²) in [6.45, 7) is 8.12. The molecule has 28 heavy (non-hydrogen) atoms. The standard InChI is InChI=1S/C26H35NO/c1-4-28-20-11-13-25(2)19(16-20)7-8-21-23-10-9-22(18-6-5-15-27-17-18)26(23,3)14-12-24(21)25/h5-7,9,15,17,20-21,23-24H,4,8,10-14,16H2,1-3H3/t20-,21-,23-,24-,25-,26+/m0/s1. The lowest BCUT2D eigenvalue weighted by Gasteiger charge is -2.58. The van der Waals surface area contributed by atoms with Gasteiger partial charge in [0.1, 0.15) is 0 Å². The van der Waals surface area contributed by atoms with Gasteiger partial charge in [0.15, 0.2) is 0 Å². The van der Waals surface area contributed by atoms with E-state index in [1.54, 1.807) is 11.1 Å². The van der Waals surface area contributed by atoms with Crippen molar-refractivity contribution in [1.29, 1.82) is 0 Å². The van der Waals surface area contributed by atoms with Crippen LogP contribution in [0.25, 0.3) is 5.57 Å². The molecule has 4 aliphatic rings. The van der Waals surface area contributed by atoms with Gasteiger partial charge in [0.2, 0.25) is 0 Å². The third-order valence-corrected chi connectivity index (χ3v) is 9.01. The summed E-state index contributed by atoms with van der Waals surface area (Å²) in [7, 11) is 0. The Kier molecular flexibility index (Phi) is 4.54. The number of allylic oxidation sites excluding steroid dienone is 3. The van der Waals surface area contributed by atoms with Crippen LogP contribution in [0, 0.1) is 28.6 Å². The number of aromatic nitrogens is 1. The second-order valence-corrected chi connectivity index (χ2v) is 10.1. The maximum absolute atomic E-state index is 6.01. The Labute approximate surface area is 170 Å². The molecule has 0 saturated heterocycles. The third kappa shape index (κ3) is 2.67. The van der Waals surface area contributed by atoms with E-state index in [1.165, 1.54) is 50.5 Å². The number of ether oxygens (including phenoxy) is 1. The molecule has 1 heterocycles. The van der Waals surface area contributed by atoms with Gasteiger partial charge in [0.05, 0.1) is 6.10 Å². The number of rotatable bonds is 3. The Morgan fingerprint density at radius 1 is 1.07 bits per heavy atom. The average Bonchev–Trinajstić information content (AvgIpc) is 3.06. The summed E-state index contributed by atoms with van der Waals surface area (Å²) in [6.07, 6.45) is 18.6. The van der Waals surface area contributed by atoms with Gasteiger partial charge in [-0.15, -0.1) is 0 Å². The predicted octanol–water partition coefficient (Wildman–Crippen LogP) is 6.44. The van der Waals surface area contributed by atoms with Crippen molar-refractivity contribution in [3.63, 3.8) is 0 Å². The van der Waals surface area contributed by atoms with Gasteiger partial charge in [-0.3, -0.25) is 4.98 Å². The van der Waals surface area contributed by atoms with Crippen molar-refractivity contribution in [2.75, 3.05) is 6.61 Å². The van der Waals surface area contributed by atoms with Crippen LogP contribution in [-0.4, -0.2) is 17.7 Å². The quantitative estimate of drug-likeness (QED) is 0.565. The first-order valence-corrected chi connectivity index (χ1v) is 11.5. The zero-order valence-electron chi connectivity index (χ0n) is 17.8. The van der Waals surface area contributed by atoms with Gasteiger partial charge in [-0.25, -0.2) is 0 Å². The number of fused-ring (bicyclic) bond motifs is 5. The molecule has 1 aromatic heterocycles. The van der Waals surface area contributed by atoms with E-state index in [-0.39, 0.29) is 0 Å². The minimum Gasteiger partial charge on any atom is -0.378 e. The molecule has 0 N–H and O–H groups in total. The lowest BCUT2D eigenvalue weighted by atomic mass is 9.47. The van der Waals surface area contributed by atoms with E-state index >= 15 is 0 Å². The van der Waals surface area contributed by atoms with Crippen LogP contribution in [-0.2, 0) is 4.74 Å². The van der Waals surface area contributed by atoms with E-state index in [0.717, 1.165) is 24.4 Å². The highest BCUT2D eigenvalue weighted by atomic mass is 16.5. The fourth-order valence-electron chi connectivity index (χ4n) is 7.54. The summed E-state index contributed by atoms with van der Waals surface area (Å²) in [5.74, 6) is 2.48. The average molecular weight is 378 g/mol. The molecule has 0 radical (unpaired) electrons. The zero-order chi connectivity index (χ0) is 19.4. The van der Waals surface area contributed by atoms with Crippen molar-refractivity contribution in [2.45, 2.75) is 71.8 Å². The molecule has 0 aromatic carbocycles. The molecule has 5 rings (SSSR count). The van der Waals surface area contributed by atoms with Gasteiger partial charge >= 0.3 is 0 Å². The molecule has 1 aromatic rings. The van der Waals surface area contributed by atoms with Crippen LogP contribution in [0.2, 0.25) is 0 Å². The molecule has 0 bridgehead atoms. The van der Waals surface area contributed by atoms with Crippen LogP contribution in [0.5, 0.6) is 0 Å². The Hall–Kier alpha value is -1.41. The van der Waals surface area contributed by atoms with E-state index in [1.807, 2.05) is 6.20 Å². The number of hydrogen-bond acceptors (Lipinski definition) is 2. The van der Waals surface area contributed by atoms with Gasteiger partial charge in [0, 0.05) is 19.0 Å². The molecule has 6 atom stereocenters. The molecular weight excluding hydrogens is 342 g/mol. The minimum absolute atomic E-state index is 0.328. The lowest BCUT2D eigenvalue weighted by Crippen LogP contribution is -2.50. The summed E-state index contributed by atoms with van der Waals surface area (Å²) in [6, 6.07) is 4.35. The van der Waals surface area contributed by atoms with Crippen molar-refractivity contribution < 1.29 is 4.74 Å². The summed E-state index contributed by atoms with van der Waals surface area (Å²) < 4.78 is 6.01. The predicted molar refractivity (Wildman–Crippen MR) is 115 cm³/mol. The van der Waals surface area contributed by atoms with E-state index < -0.39 is 0 Å². The van der Waals surface area contributed by atoms with Gasteiger partial charge in [-0.2, -0.15) is 0 Å². The lowest BCUT2D eigenvalue weighted by molar-refractivity contribution is -0.0366. The first kappa shape index (κ1) is 18.6. The molecule has 0 spiro atoms. The Morgan fingerprint density at radius 2 is 1.93 bits per heavy atom. The van der Waals surface area contributed by atoms with Crippen LogP contribution < -0.4 is 0 Å². The highest BCUT2D eigenvalue weighted by Gasteiger charge is 2.56. The van der Waals surface area contributed by atoms with E-state index in [9.17, 15) is 0 Å². The molecular formula is C26H35NO. The number of pyridine rings is 1. The van der Waals surface area contributed by atoms with Crippen LogP contribution in [0.4, 0.5) is 0 Å². The Morgan fingerprint density at radius 3 is 2.71 bits per heavy atom. The summed E-state index contributed by atoms with van der Waals surface area (Å²) in [5.41, 5.74) is 5.38. The summed E-state index contributed by atoms with van der Waals surface area (Å²) >= 11 is 0. The van der Waals surface area contributed by atoms with Crippen LogP contribution in [0.1, 0.15) is 71.3 Å². The second kappa shape index (κ2) is 6.83. The zero-order valence-corrected chi connectivity index (χ0v) is 17.8. The van der Waals surface area contributed by atoms with Crippen molar-refractivity contribution >= 4 is 5.57 Å². The first-order valence-electron chi connectivity index (χ1n) is 11.5. The van der Waals surface area contributed by atoms with Gasteiger partial charge < -0.3 is 4.74 Å². The fourth-order valence-corrected chi connectivity index (χ4v) is 7.54. The molecule has 2 fully saturated rings. The minimum atomic E-state index is 0.328. The smallest absolute Gasteiger partial charge is 0.0612 e. The summed E-state index contributed by atoms with van der Waals surface area (Å²) in [4.78, 5) is 4.40. The van der Waals surface area contributed by atoms with Crippen molar-refractivity contribution in [2.24, 2.45) is 28.6 Å². The van der Waals surface area contributed by atoms with Gasteiger partial charge in [-0.1, -0.05) is 37.6 Å². The number of nitrogens with zero attached hydrogens (tertiary/aromatic N) is 1. The van der Waals surface area contributed by atoms with E-state index in [0.29, 0.717) is 16.9 Å². The maximum atomic E-state index is 6.01. The van der Waals surface area contributed by atoms with Crippen molar-refractivity contribution in [3.05, 3.63) is 47.8 Å². The molecule has 0 amide bonds.